The zero-order chi connectivity index (χ0) is 19.5. The number of nitrogen functional groups attached to an aromatic ring is 2. The van der Waals surface area contributed by atoms with Crippen molar-refractivity contribution < 1.29 is 31.4 Å². The van der Waals surface area contributed by atoms with Crippen LogP contribution in [-0.4, -0.2) is 17.5 Å². The second kappa shape index (κ2) is 5.41. The van der Waals surface area contributed by atoms with Gasteiger partial charge in [-0.2, -0.15) is 26.3 Å². The molecule has 26 heavy (non-hydrogen) atoms. The van der Waals surface area contributed by atoms with E-state index < -0.39 is 29.2 Å². The second-order valence-corrected chi connectivity index (χ2v) is 5.91. The number of benzene rings is 3. The first-order chi connectivity index (χ1) is 11.9. The van der Waals surface area contributed by atoms with Crippen LogP contribution >= 0.6 is 0 Å². The van der Waals surface area contributed by atoms with Crippen LogP contribution in [0.15, 0.2) is 42.5 Å². The Morgan fingerprint density at radius 2 is 1.27 bits per heavy atom. The molecule has 3 nitrogen and oxygen atoms in total. The molecule has 0 heterocycles. The Morgan fingerprint density at radius 3 is 1.85 bits per heavy atom. The van der Waals surface area contributed by atoms with Crippen molar-refractivity contribution in [2.75, 3.05) is 11.5 Å². The fraction of sp³-hybridized carbons (Fsp3) is 0.176. The number of alkyl halides is 6. The van der Waals surface area contributed by atoms with Crippen LogP contribution in [0, 0.1) is 0 Å². The summed E-state index contributed by atoms with van der Waals surface area (Å²) in [4.78, 5) is 0. The zero-order valence-electron chi connectivity index (χ0n) is 12.9. The molecule has 0 aliphatic carbocycles. The van der Waals surface area contributed by atoms with E-state index in [0.29, 0.717) is 27.9 Å². The quantitative estimate of drug-likeness (QED) is 0.334. The van der Waals surface area contributed by atoms with E-state index in [0.717, 1.165) is 6.07 Å². The zero-order valence-corrected chi connectivity index (χ0v) is 12.9. The lowest BCUT2D eigenvalue weighted by atomic mass is 9.88. The van der Waals surface area contributed by atoms with Crippen LogP contribution in [-0.2, 0) is 5.60 Å². The molecular formula is C17H12F6N2O. The molecule has 0 aliphatic heterocycles. The highest BCUT2D eigenvalue weighted by molar-refractivity contribution is 6.04. The molecule has 5 N–H and O–H groups in total. The molecule has 3 rings (SSSR count). The maximum Gasteiger partial charge on any atom is 0.430 e. The van der Waals surface area contributed by atoms with Gasteiger partial charge in [-0.05, 0) is 40.4 Å². The highest BCUT2D eigenvalue weighted by Gasteiger charge is 2.72. The molecule has 3 aromatic carbocycles. The topological polar surface area (TPSA) is 72.3 Å². The van der Waals surface area contributed by atoms with Crippen LogP contribution in [0.25, 0.3) is 21.5 Å². The number of anilines is 2. The summed E-state index contributed by atoms with van der Waals surface area (Å²) in [5.41, 5.74) is 4.42. The van der Waals surface area contributed by atoms with Gasteiger partial charge in [0.15, 0.2) is 0 Å². The normalized spacial score (nSPS) is 13.5. The van der Waals surface area contributed by atoms with E-state index in [1.807, 2.05) is 0 Å². The Morgan fingerprint density at radius 1 is 0.692 bits per heavy atom. The van der Waals surface area contributed by atoms with Crippen LogP contribution in [0.3, 0.4) is 0 Å². The van der Waals surface area contributed by atoms with Crippen molar-refractivity contribution in [2.24, 2.45) is 0 Å². The molecule has 0 bridgehead atoms. The highest BCUT2D eigenvalue weighted by Crippen LogP contribution is 2.52. The number of rotatable bonds is 1. The molecule has 0 saturated carbocycles. The van der Waals surface area contributed by atoms with Crippen molar-refractivity contribution >= 4 is 32.9 Å². The summed E-state index contributed by atoms with van der Waals surface area (Å²) < 4.78 is 78.7. The second-order valence-electron chi connectivity index (χ2n) is 5.91. The first-order valence-electron chi connectivity index (χ1n) is 7.24. The summed E-state index contributed by atoms with van der Waals surface area (Å²) in [7, 11) is 0. The molecule has 0 atom stereocenters. The number of aliphatic hydroxyl groups is 1. The minimum absolute atomic E-state index is 0.0355. The van der Waals surface area contributed by atoms with Crippen molar-refractivity contribution in [3.05, 3.63) is 48.0 Å². The Labute approximate surface area is 142 Å². The van der Waals surface area contributed by atoms with E-state index in [9.17, 15) is 31.4 Å². The maximum absolute atomic E-state index is 13.1. The first-order valence-corrected chi connectivity index (χ1v) is 7.24. The fourth-order valence-corrected chi connectivity index (χ4v) is 2.89. The number of hydrogen-bond donors (Lipinski definition) is 3. The van der Waals surface area contributed by atoms with Crippen LogP contribution in [0.4, 0.5) is 37.7 Å². The van der Waals surface area contributed by atoms with Crippen molar-refractivity contribution in [1.29, 1.82) is 0 Å². The van der Waals surface area contributed by atoms with Gasteiger partial charge in [0.25, 0.3) is 5.60 Å². The number of fused-ring (bicyclic) bond motifs is 2. The number of nitrogens with two attached hydrogens (primary N) is 2. The molecule has 0 spiro atoms. The summed E-state index contributed by atoms with van der Waals surface area (Å²) in [6.07, 6.45) is -12.0. The standard InChI is InChI=1S/C17H12F6N2O/c18-16(19,20)15(26,17(21,22)23)13-4-2-9-5-10-6-11(24)3-1-8(10)7-12(9)14(13)25/h1-7,26H,24-25H2. The Kier molecular flexibility index (Phi) is 3.77. The van der Waals surface area contributed by atoms with Crippen molar-refractivity contribution in [1.82, 2.24) is 0 Å². The predicted octanol–water partition coefficient (Wildman–Crippen LogP) is 4.47. The SMILES string of the molecule is Nc1ccc2cc3c(N)c(C(O)(C(F)(F)F)C(F)(F)F)ccc3cc2c1. The lowest BCUT2D eigenvalue weighted by Gasteiger charge is -2.33. The van der Waals surface area contributed by atoms with Gasteiger partial charge in [0, 0.05) is 22.3 Å². The average Bonchev–Trinajstić information content (AvgIpc) is 2.51. The van der Waals surface area contributed by atoms with Crippen LogP contribution in [0.5, 0.6) is 0 Å². The van der Waals surface area contributed by atoms with Gasteiger partial charge in [-0.1, -0.05) is 18.2 Å². The number of halogens is 6. The van der Waals surface area contributed by atoms with Crippen molar-refractivity contribution in [3.8, 4) is 0 Å². The molecule has 0 amide bonds. The third-order valence-corrected chi connectivity index (χ3v) is 4.25. The fourth-order valence-electron chi connectivity index (χ4n) is 2.89. The number of hydrogen-bond acceptors (Lipinski definition) is 3. The molecule has 3 aromatic rings. The monoisotopic (exact) mass is 374 g/mol. The molecule has 0 unspecified atom stereocenters. The molecule has 9 heteroatoms. The van der Waals surface area contributed by atoms with Crippen LogP contribution < -0.4 is 11.5 Å². The summed E-state index contributed by atoms with van der Waals surface area (Å²) in [6, 6.07) is 9.20. The lowest BCUT2D eigenvalue weighted by molar-refractivity contribution is -0.375. The van der Waals surface area contributed by atoms with E-state index >= 15 is 0 Å². The summed E-state index contributed by atoms with van der Waals surface area (Å²) in [6.45, 7) is 0. The minimum Gasteiger partial charge on any atom is -0.399 e. The van der Waals surface area contributed by atoms with Gasteiger partial charge in [0.05, 0.1) is 0 Å². The van der Waals surface area contributed by atoms with E-state index in [-0.39, 0.29) is 5.39 Å². The Bertz CT molecular complexity index is 996. The molecule has 0 saturated heterocycles. The van der Waals surface area contributed by atoms with Crippen LogP contribution in [0.1, 0.15) is 5.56 Å². The summed E-state index contributed by atoms with van der Waals surface area (Å²) >= 11 is 0. The van der Waals surface area contributed by atoms with Gasteiger partial charge in [0.2, 0.25) is 0 Å². The lowest BCUT2D eigenvalue weighted by Crippen LogP contribution is -2.54. The third-order valence-electron chi connectivity index (χ3n) is 4.25. The first kappa shape index (κ1) is 18.1. The molecule has 0 fully saturated rings. The third kappa shape index (κ3) is 2.50. The maximum atomic E-state index is 13.1. The molecular weight excluding hydrogens is 362 g/mol. The highest BCUT2D eigenvalue weighted by atomic mass is 19.4. The van der Waals surface area contributed by atoms with E-state index in [1.165, 1.54) is 12.1 Å². The van der Waals surface area contributed by atoms with Gasteiger partial charge in [0.1, 0.15) is 0 Å². The molecule has 138 valence electrons. The van der Waals surface area contributed by atoms with E-state index in [1.54, 1.807) is 18.2 Å². The van der Waals surface area contributed by atoms with Crippen LogP contribution in [0.2, 0.25) is 0 Å². The predicted molar refractivity (Wildman–Crippen MR) is 86.3 cm³/mol. The van der Waals surface area contributed by atoms with Gasteiger partial charge < -0.3 is 16.6 Å². The molecule has 0 aromatic heterocycles. The van der Waals surface area contributed by atoms with E-state index in [2.05, 4.69) is 0 Å². The minimum atomic E-state index is -6.00. The average molecular weight is 374 g/mol. The molecule has 0 radical (unpaired) electrons. The summed E-state index contributed by atoms with van der Waals surface area (Å²) in [5, 5.41) is 11.1. The molecule has 0 aliphatic rings. The van der Waals surface area contributed by atoms with Crippen molar-refractivity contribution in [3.63, 3.8) is 0 Å². The summed E-state index contributed by atoms with van der Waals surface area (Å²) in [5.74, 6) is 0. The van der Waals surface area contributed by atoms with Gasteiger partial charge in [-0.25, -0.2) is 0 Å². The van der Waals surface area contributed by atoms with E-state index in [4.69, 9.17) is 11.5 Å². The van der Waals surface area contributed by atoms with Gasteiger partial charge in [-0.3, -0.25) is 0 Å². The Hall–Kier alpha value is -2.68. The van der Waals surface area contributed by atoms with Gasteiger partial charge in [-0.15, -0.1) is 0 Å². The van der Waals surface area contributed by atoms with Gasteiger partial charge >= 0.3 is 12.4 Å². The largest absolute Gasteiger partial charge is 0.430 e. The van der Waals surface area contributed by atoms with Crippen molar-refractivity contribution in [2.45, 2.75) is 18.0 Å². The Balaban J connectivity index is 2.36. The smallest absolute Gasteiger partial charge is 0.399 e.